The van der Waals surface area contributed by atoms with Gasteiger partial charge in [0.25, 0.3) is 5.91 Å². The summed E-state index contributed by atoms with van der Waals surface area (Å²) in [6.45, 7) is 5.29. The number of carbonyl (C=O) groups is 1. The van der Waals surface area contributed by atoms with Gasteiger partial charge >= 0.3 is 0 Å². The number of carbonyl (C=O) groups excluding carboxylic acids is 1. The van der Waals surface area contributed by atoms with E-state index in [1.807, 2.05) is 25.1 Å². The molecule has 5 nitrogen and oxygen atoms in total. The first kappa shape index (κ1) is 20.8. The van der Waals surface area contributed by atoms with E-state index in [0.717, 1.165) is 30.6 Å². The van der Waals surface area contributed by atoms with Crippen LogP contribution in [0.2, 0.25) is 5.02 Å². The molecule has 0 unspecified atom stereocenters. The van der Waals surface area contributed by atoms with Crippen molar-refractivity contribution in [3.8, 4) is 11.5 Å². The minimum atomic E-state index is -0.302. The van der Waals surface area contributed by atoms with Gasteiger partial charge in [-0.2, -0.15) is 5.10 Å². The lowest BCUT2D eigenvalue weighted by Gasteiger charge is -2.12. The van der Waals surface area contributed by atoms with Crippen LogP contribution in [0.15, 0.2) is 47.6 Å². The van der Waals surface area contributed by atoms with E-state index < -0.39 is 0 Å². The number of rotatable bonds is 10. The van der Waals surface area contributed by atoms with Gasteiger partial charge < -0.3 is 9.47 Å². The van der Waals surface area contributed by atoms with E-state index in [1.54, 1.807) is 30.5 Å². The Labute approximate surface area is 165 Å². The molecule has 0 aromatic heterocycles. The quantitative estimate of drug-likeness (QED) is 0.351. The van der Waals surface area contributed by atoms with Crippen LogP contribution >= 0.6 is 11.6 Å². The molecule has 2 aromatic carbocycles. The first-order valence-corrected chi connectivity index (χ1v) is 9.50. The molecule has 2 rings (SSSR count). The van der Waals surface area contributed by atoms with Crippen LogP contribution in [-0.4, -0.2) is 25.3 Å². The van der Waals surface area contributed by atoms with Crippen LogP contribution in [0, 0.1) is 0 Å². The summed E-state index contributed by atoms with van der Waals surface area (Å²) in [5.74, 6) is 1.08. The largest absolute Gasteiger partial charge is 0.490 e. The van der Waals surface area contributed by atoms with Gasteiger partial charge in [-0.25, -0.2) is 5.43 Å². The van der Waals surface area contributed by atoms with Crippen molar-refractivity contribution in [2.75, 3.05) is 13.2 Å². The second-order valence-electron chi connectivity index (χ2n) is 5.90. The number of benzene rings is 2. The lowest BCUT2D eigenvalue weighted by Crippen LogP contribution is -2.17. The van der Waals surface area contributed by atoms with Crippen molar-refractivity contribution >= 4 is 23.7 Å². The molecule has 1 N–H and O–H groups in total. The predicted molar refractivity (Wildman–Crippen MR) is 109 cm³/mol. The molecule has 0 saturated carbocycles. The molecule has 0 bridgehead atoms. The van der Waals surface area contributed by atoms with Crippen molar-refractivity contribution in [2.45, 2.75) is 33.1 Å². The number of ether oxygens (including phenoxy) is 2. The molecule has 0 atom stereocenters. The Bertz CT molecular complexity index is 761. The average Bonchev–Trinajstić information content (AvgIpc) is 2.67. The highest BCUT2D eigenvalue weighted by Gasteiger charge is 2.07. The van der Waals surface area contributed by atoms with Crippen molar-refractivity contribution in [3.63, 3.8) is 0 Å². The Morgan fingerprint density at radius 2 is 1.85 bits per heavy atom. The fourth-order valence-corrected chi connectivity index (χ4v) is 2.48. The third kappa shape index (κ3) is 6.94. The number of hydrogen-bond donors (Lipinski definition) is 1. The van der Waals surface area contributed by atoms with Crippen LogP contribution in [0.3, 0.4) is 0 Å². The van der Waals surface area contributed by atoms with Gasteiger partial charge in [0.2, 0.25) is 0 Å². The summed E-state index contributed by atoms with van der Waals surface area (Å²) in [4.78, 5) is 12.0. The Morgan fingerprint density at radius 3 is 2.56 bits per heavy atom. The Morgan fingerprint density at radius 1 is 1.07 bits per heavy atom. The molecule has 0 saturated heterocycles. The lowest BCUT2D eigenvalue weighted by atomic mass is 10.2. The van der Waals surface area contributed by atoms with Gasteiger partial charge in [-0.1, -0.05) is 31.4 Å². The first-order chi connectivity index (χ1) is 13.1. The summed E-state index contributed by atoms with van der Waals surface area (Å²) in [6, 6.07) is 12.2. The zero-order valence-corrected chi connectivity index (χ0v) is 16.5. The standard InChI is InChI=1S/C21H25ClN2O3/c1-3-5-6-13-27-19-12-7-16(14-20(19)26-4-2)15-23-24-21(25)17-8-10-18(22)11-9-17/h7-12,14-15H,3-6,13H2,1-2H3,(H,24,25)/b23-15+. The number of unbranched alkanes of at least 4 members (excludes halogenated alkanes) is 2. The summed E-state index contributed by atoms with van der Waals surface area (Å²) < 4.78 is 11.5. The predicted octanol–water partition coefficient (Wildman–Crippen LogP) is 5.07. The summed E-state index contributed by atoms with van der Waals surface area (Å²) in [7, 11) is 0. The minimum Gasteiger partial charge on any atom is -0.490 e. The van der Waals surface area contributed by atoms with Gasteiger partial charge in [-0.15, -0.1) is 0 Å². The highest BCUT2D eigenvalue weighted by molar-refractivity contribution is 6.30. The molecular weight excluding hydrogens is 364 g/mol. The molecular formula is C21H25ClN2O3. The average molecular weight is 389 g/mol. The highest BCUT2D eigenvalue weighted by atomic mass is 35.5. The van der Waals surface area contributed by atoms with Crippen molar-refractivity contribution in [1.29, 1.82) is 0 Å². The monoisotopic (exact) mass is 388 g/mol. The van der Waals surface area contributed by atoms with E-state index >= 15 is 0 Å². The topological polar surface area (TPSA) is 59.9 Å². The second kappa shape index (κ2) is 11.2. The number of nitrogens with one attached hydrogen (secondary N) is 1. The van der Waals surface area contributed by atoms with E-state index in [4.69, 9.17) is 21.1 Å². The number of halogens is 1. The fraction of sp³-hybridized carbons (Fsp3) is 0.333. The number of amides is 1. The summed E-state index contributed by atoms with van der Waals surface area (Å²) in [5.41, 5.74) is 3.79. The molecule has 2 aromatic rings. The van der Waals surface area contributed by atoms with Crippen molar-refractivity contribution < 1.29 is 14.3 Å². The van der Waals surface area contributed by atoms with E-state index in [-0.39, 0.29) is 5.91 Å². The maximum atomic E-state index is 12.0. The zero-order chi connectivity index (χ0) is 19.5. The summed E-state index contributed by atoms with van der Waals surface area (Å²) in [5, 5.41) is 4.58. The normalized spacial score (nSPS) is 10.8. The van der Waals surface area contributed by atoms with Crippen molar-refractivity contribution in [2.24, 2.45) is 5.10 Å². The van der Waals surface area contributed by atoms with Crippen LogP contribution in [0.25, 0.3) is 0 Å². The number of nitrogens with zero attached hydrogens (tertiary/aromatic N) is 1. The molecule has 144 valence electrons. The SMILES string of the molecule is CCCCCOc1ccc(/C=N/NC(=O)c2ccc(Cl)cc2)cc1OCC. The molecule has 0 heterocycles. The van der Waals surface area contributed by atoms with Crippen molar-refractivity contribution in [1.82, 2.24) is 5.43 Å². The van der Waals surface area contributed by atoms with E-state index in [1.165, 1.54) is 0 Å². The fourth-order valence-electron chi connectivity index (χ4n) is 2.36. The van der Waals surface area contributed by atoms with Gasteiger partial charge in [0.05, 0.1) is 19.4 Å². The summed E-state index contributed by atoms with van der Waals surface area (Å²) in [6.07, 6.45) is 4.88. The van der Waals surface area contributed by atoms with Gasteiger partial charge in [0.1, 0.15) is 0 Å². The molecule has 0 aliphatic heterocycles. The van der Waals surface area contributed by atoms with E-state index in [9.17, 15) is 4.79 Å². The molecule has 6 heteroatoms. The Balaban J connectivity index is 1.98. The first-order valence-electron chi connectivity index (χ1n) is 9.12. The molecule has 0 spiro atoms. The third-order valence-corrected chi connectivity index (χ3v) is 4.01. The molecule has 0 aliphatic carbocycles. The van der Waals surface area contributed by atoms with E-state index in [0.29, 0.717) is 29.5 Å². The highest BCUT2D eigenvalue weighted by Crippen LogP contribution is 2.28. The van der Waals surface area contributed by atoms with Crippen LogP contribution in [0.1, 0.15) is 49.0 Å². The Kier molecular flexibility index (Phi) is 8.65. The Hall–Kier alpha value is -2.53. The van der Waals surface area contributed by atoms with Crippen LogP contribution in [0.4, 0.5) is 0 Å². The number of hydrogen-bond acceptors (Lipinski definition) is 4. The maximum absolute atomic E-state index is 12.0. The molecule has 0 aliphatic rings. The molecule has 27 heavy (non-hydrogen) atoms. The van der Waals surface area contributed by atoms with Crippen LogP contribution < -0.4 is 14.9 Å². The zero-order valence-electron chi connectivity index (χ0n) is 15.7. The molecule has 0 fully saturated rings. The lowest BCUT2D eigenvalue weighted by molar-refractivity contribution is 0.0955. The summed E-state index contributed by atoms with van der Waals surface area (Å²) >= 11 is 5.82. The molecule has 0 radical (unpaired) electrons. The number of hydrazone groups is 1. The molecule has 1 amide bonds. The van der Waals surface area contributed by atoms with Crippen LogP contribution in [0.5, 0.6) is 11.5 Å². The van der Waals surface area contributed by atoms with Gasteiger partial charge in [0, 0.05) is 10.6 Å². The maximum Gasteiger partial charge on any atom is 0.271 e. The van der Waals surface area contributed by atoms with Crippen molar-refractivity contribution in [3.05, 3.63) is 58.6 Å². The van der Waals surface area contributed by atoms with Gasteiger partial charge in [-0.3, -0.25) is 4.79 Å². The van der Waals surface area contributed by atoms with E-state index in [2.05, 4.69) is 17.5 Å². The second-order valence-corrected chi connectivity index (χ2v) is 6.34. The smallest absolute Gasteiger partial charge is 0.271 e. The third-order valence-electron chi connectivity index (χ3n) is 3.76. The minimum absolute atomic E-state index is 0.302. The van der Waals surface area contributed by atoms with Crippen LogP contribution in [-0.2, 0) is 0 Å². The van der Waals surface area contributed by atoms with Gasteiger partial charge in [-0.05, 0) is 61.4 Å². The van der Waals surface area contributed by atoms with Gasteiger partial charge in [0.15, 0.2) is 11.5 Å².